The maximum Gasteiger partial charge on any atom is 0.152 e. The molecule has 1 rings (SSSR count). The van der Waals surface area contributed by atoms with E-state index < -0.39 is 0 Å². The predicted molar refractivity (Wildman–Crippen MR) is 82.9 cm³/mol. The number of nitrogens with one attached hydrogen (secondary N) is 1. The van der Waals surface area contributed by atoms with Crippen LogP contribution in [0.4, 0.5) is 3.89 Å². The first-order valence-electron chi connectivity index (χ1n) is 6.69. The van der Waals surface area contributed by atoms with Crippen molar-refractivity contribution in [1.29, 1.82) is 5.41 Å². The Balaban J connectivity index is 2.54. The Bertz CT molecular complexity index is 426. The highest BCUT2D eigenvalue weighted by Gasteiger charge is 2.01. The lowest BCUT2D eigenvalue weighted by atomic mass is 10.0. The largest absolute Gasteiger partial charge is 0.282 e. The van der Waals surface area contributed by atoms with E-state index >= 15 is 0 Å². The Kier molecular flexibility index (Phi) is 7.41. The molecule has 104 valence electrons. The molecule has 0 fully saturated rings. The zero-order valence-electron chi connectivity index (χ0n) is 11.6. The van der Waals surface area contributed by atoms with E-state index in [0.717, 1.165) is 12.0 Å². The molecule has 1 N–H and O–H groups in total. The van der Waals surface area contributed by atoms with Crippen molar-refractivity contribution in [3.05, 3.63) is 35.4 Å². The van der Waals surface area contributed by atoms with Crippen molar-refractivity contribution in [3.63, 3.8) is 0 Å². The van der Waals surface area contributed by atoms with Crippen molar-refractivity contribution in [2.75, 3.05) is 0 Å². The van der Waals surface area contributed by atoms with Crippen molar-refractivity contribution in [3.8, 4) is 0 Å². The first-order chi connectivity index (χ1) is 9.17. The molecule has 0 aliphatic rings. The van der Waals surface area contributed by atoms with Gasteiger partial charge in [0.2, 0.25) is 0 Å². The third kappa shape index (κ3) is 6.01. The summed E-state index contributed by atoms with van der Waals surface area (Å²) >= 11 is 0.0758. The molecular weight excluding hydrogens is 259 g/mol. The standard InChI is InChI=1S/C15H21FN2S/c1-3-4-5-6-7-13-8-10-14(11-9-13)15(17)18-12(2)19-16/h8-11,17H,3-7H2,1-2H3/b17-15?,18-12+. The van der Waals surface area contributed by atoms with Crippen molar-refractivity contribution in [2.45, 2.75) is 46.0 Å². The van der Waals surface area contributed by atoms with Crippen molar-refractivity contribution in [2.24, 2.45) is 4.99 Å². The van der Waals surface area contributed by atoms with Crippen molar-refractivity contribution in [1.82, 2.24) is 0 Å². The van der Waals surface area contributed by atoms with Crippen LogP contribution in [0.5, 0.6) is 0 Å². The molecular formula is C15H21FN2S. The molecule has 0 aliphatic carbocycles. The van der Waals surface area contributed by atoms with Gasteiger partial charge in [0.25, 0.3) is 0 Å². The molecule has 0 radical (unpaired) electrons. The van der Waals surface area contributed by atoms with E-state index in [2.05, 4.69) is 11.9 Å². The van der Waals surface area contributed by atoms with Crippen LogP contribution < -0.4 is 0 Å². The minimum atomic E-state index is 0.0758. The molecule has 2 nitrogen and oxygen atoms in total. The highest BCUT2D eigenvalue weighted by Crippen LogP contribution is 2.12. The zero-order chi connectivity index (χ0) is 14.1. The van der Waals surface area contributed by atoms with Gasteiger partial charge >= 0.3 is 0 Å². The number of benzene rings is 1. The van der Waals surface area contributed by atoms with Crippen molar-refractivity contribution >= 4 is 23.0 Å². The van der Waals surface area contributed by atoms with E-state index in [1.807, 2.05) is 24.3 Å². The summed E-state index contributed by atoms with van der Waals surface area (Å²) in [4.78, 5) is 3.87. The van der Waals surface area contributed by atoms with Crippen molar-refractivity contribution < 1.29 is 3.89 Å². The summed E-state index contributed by atoms with van der Waals surface area (Å²) in [6.07, 6.45) is 6.10. The minimum absolute atomic E-state index is 0.0758. The molecule has 0 amide bonds. The van der Waals surface area contributed by atoms with E-state index in [-0.39, 0.29) is 23.0 Å². The summed E-state index contributed by atoms with van der Waals surface area (Å²) in [6, 6.07) is 7.83. The van der Waals surface area contributed by atoms with Gasteiger partial charge in [0.1, 0.15) is 5.04 Å². The first kappa shape index (κ1) is 15.9. The van der Waals surface area contributed by atoms with E-state index in [4.69, 9.17) is 5.41 Å². The number of hydrogen-bond donors (Lipinski definition) is 1. The van der Waals surface area contributed by atoms with Crippen LogP contribution in [0.2, 0.25) is 0 Å². The second-order valence-electron chi connectivity index (χ2n) is 4.56. The normalized spacial score (nSPS) is 11.6. The number of aliphatic imine (C=N–C) groups is 1. The van der Waals surface area contributed by atoms with Crippen LogP contribution in [0, 0.1) is 5.41 Å². The lowest BCUT2D eigenvalue weighted by Gasteiger charge is -2.03. The molecule has 1 aromatic carbocycles. The van der Waals surface area contributed by atoms with Gasteiger partial charge in [0, 0.05) is 5.56 Å². The second-order valence-corrected chi connectivity index (χ2v) is 5.31. The average Bonchev–Trinajstić information content (AvgIpc) is 2.44. The number of aryl methyl sites for hydroxylation is 1. The highest BCUT2D eigenvalue weighted by atomic mass is 32.2. The maximum absolute atomic E-state index is 12.2. The summed E-state index contributed by atoms with van der Waals surface area (Å²) in [5, 5.41) is 8.02. The maximum atomic E-state index is 12.2. The van der Waals surface area contributed by atoms with Crippen LogP contribution in [-0.2, 0) is 6.42 Å². The Hall–Kier alpha value is -1.16. The van der Waals surface area contributed by atoms with Crippen LogP contribution >= 0.6 is 12.1 Å². The van der Waals surface area contributed by atoms with E-state index in [0.29, 0.717) is 0 Å². The third-order valence-corrected chi connectivity index (χ3v) is 3.24. The number of hydrogen-bond acceptors (Lipinski definition) is 2. The summed E-state index contributed by atoms with van der Waals surface area (Å²) in [5.74, 6) is 0.111. The van der Waals surface area contributed by atoms with Crippen LogP contribution in [0.1, 0.15) is 50.7 Å². The molecule has 19 heavy (non-hydrogen) atoms. The summed E-state index contributed by atoms with van der Waals surface area (Å²) in [7, 11) is 0. The molecule has 0 atom stereocenters. The van der Waals surface area contributed by atoms with Gasteiger partial charge in [-0.2, -0.15) is 3.89 Å². The van der Waals surface area contributed by atoms with Gasteiger partial charge in [0.15, 0.2) is 5.84 Å². The number of unbranched alkanes of at least 4 members (excludes halogenated alkanes) is 3. The fraction of sp³-hybridized carbons (Fsp3) is 0.467. The highest BCUT2D eigenvalue weighted by molar-refractivity contribution is 8.09. The van der Waals surface area contributed by atoms with Gasteiger partial charge in [-0.25, -0.2) is 4.99 Å². The van der Waals surface area contributed by atoms with E-state index in [1.54, 1.807) is 6.92 Å². The van der Waals surface area contributed by atoms with Gasteiger partial charge in [-0.1, -0.05) is 50.5 Å². The Morgan fingerprint density at radius 3 is 2.47 bits per heavy atom. The van der Waals surface area contributed by atoms with Gasteiger partial charge < -0.3 is 0 Å². The SMILES string of the molecule is CCCCCCc1ccc(C(=N)/N=C(\C)SF)cc1. The molecule has 0 heterocycles. The lowest BCUT2D eigenvalue weighted by Crippen LogP contribution is -1.98. The van der Waals surface area contributed by atoms with E-state index in [9.17, 15) is 3.89 Å². The molecule has 0 saturated carbocycles. The van der Waals surface area contributed by atoms with E-state index in [1.165, 1.54) is 31.2 Å². The Labute approximate surface area is 119 Å². The molecule has 4 heteroatoms. The molecule has 1 aromatic rings. The predicted octanol–water partition coefficient (Wildman–Crippen LogP) is 5.17. The molecule has 0 aromatic heterocycles. The topological polar surface area (TPSA) is 36.2 Å². The molecule has 0 saturated heterocycles. The number of amidine groups is 1. The summed E-state index contributed by atoms with van der Waals surface area (Å²) in [6.45, 7) is 3.76. The molecule has 0 aliphatic heterocycles. The first-order valence-corrected chi connectivity index (χ1v) is 7.40. The van der Waals surface area contributed by atoms with Gasteiger partial charge in [-0.05, 0) is 25.3 Å². The summed E-state index contributed by atoms with van der Waals surface area (Å²) in [5.41, 5.74) is 2.01. The number of halogens is 1. The van der Waals surface area contributed by atoms with Crippen LogP contribution in [-0.4, -0.2) is 10.9 Å². The van der Waals surface area contributed by atoms with Gasteiger partial charge in [-0.15, -0.1) is 0 Å². The quantitative estimate of drug-likeness (QED) is 0.435. The Morgan fingerprint density at radius 1 is 1.21 bits per heavy atom. The molecule has 0 spiro atoms. The van der Waals surface area contributed by atoms with Crippen LogP contribution in [0.3, 0.4) is 0 Å². The average molecular weight is 280 g/mol. The minimum Gasteiger partial charge on any atom is -0.282 e. The van der Waals surface area contributed by atoms with Gasteiger partial charge in [-0.3, -0.25) is 5.41 Å². The fourth-order valence-corrected chi connectivity index (χ4v) is 1.95. The second kappa shape index (κ2) is 8.86. The number of nitrogens with zero attached hydrogens (tertiary/aromatic N) is 1. The summed E-state index contributed by atoms with van der Waals surface area (Å²) < 4.78 is 12.2. The van der Waals surface area contributed by atoms with Crippen LogP contribution in [0.25, 0.3) is 0 Å². The molecule has 0 bridgehead atoms. The van der Waals surface area contributed by atoms with Gasteiger partial charge in [0.05, 0.1) is 12.1 Å². The molecule has 0 unspecified atom stereocenters. The smallest absolute Gasteiger partial charge is 0.152 e. The lowest BCUT2D eigenvalue weighted by molar-refractivity contribution is 0.667. The van der Waals surface area contributed by atoms with Crippen LogP contribution in [0.15, 0.2) is 29.3 Å². The fourth-order valence-electron chi connectivity index (χ4n) is 1.82. The third-order valence-electron chi connectivity index (χ3n) is 2.93. The zero-order valence-corrected chi connectivity index (χ0v) is 12.4. The monoisotopic (exact) mass is 280 g/mol. The Morgan fingerprint density at radius 2 is 1.89 bits per heavy atom. The number of rotatable bonds is 6.